The SMILES string of the molecule is CCC1(CNCc2cc[nH]c2)CCCC1. The van der Waals surface area contributed by atoms with Crippen LogP contribution in [0.2, 0.25) is 0 Å². The fourth-order valence-corrected chi connectivity index (χ4v) is 2.72. The molecular formula is C13H22N2. The molecule has 0 spiro atoms. The summed E-state index contributed by atoms with van der Waals surface area (Å²) in [7, 11) is 0. The van der Waals surface area contributed by atoms with Crippen LogP contribution in [0.5, 0.6) is 0 Å². The highest BCUT2D eigenvalue weighted by Crippen LogP contribution is 2.40. The van der Waals surface area contributed by atoms with Gasteiger partial charge in [-0.05, 0) is 36.3 Å². The van der Waals surface area contributed by atoms with Gasteiger partial charge in [0.1, 0.15) is 0 Å². The summed E-state index contributed by atoms with van der Waals surface area (Å²) in [4.78, 5) is 3.09. The third kappa shape index (κ3) is 2.63. The number of aromatic amines is 1. The van der Waals surface area contributed by atoms with E-state index in [-0.39, 0.29) is 0 Å². The minimum Gasteiger partial charge on any atom is -0.367 e. The highest BCUT2D eigenvalue weighted by Gasteiger charge is 2.31. The Morgan fingerprint density at radius 1 is 1.40 bits per heavy atom. The molecule has 1 heterocycles. The molecule has 1 aromatic rings. The van der Waals surface area contributed by atoms with Crippen LogP contribution in [0.3, 0.4) is 0 Å². The summed E-state index contributed by atoms with van der Waals surface area (Å²) in [6.45, 7) is 4.53. The summed E-state index contributed by atoms with van der Waals surface area (Å²) in [5.74, 6) is 0. The fraction of sp³-hybridized carbons (Fsp3) is 0.692. The van der Waals surface area contributed by atoms with Gasteiger partial charge >= 0.3 is 0 Å². The number of aromatic nitrogens is 1. The van der Waals surface area contributed by atoms with Gasteiger partial charge in [0.15, 0.2) is 0 Å². The maximum Gasteiger partial charge on any atom is 0.0220 e. The average Bonchev–Trinajstić information content (AvgIpc) is 2.89. The Labute approximate surface area is 92.5 Å². The van der Waals surface area contributed by atoms with Crippen molar-refractivity contribution in [2.75, 3.05) is 6.54 Å². The predicted octanol–water partition coefficient (Wildman–Crippen LogP) is 3.07. The molecule has 0 unspecified atom stereocenters. The van der Waals surface area contributed by atoms with Gasteiger partial charge in [0.2, 0.25) is 0 Å². The van der Waals surface area contributed by atoms with Crippen LogP contribution in [0.15, 0.2) is 18.5 Å². The summed E-state index contributed by atoms with van der Waals surface area (Å²) < 4.78 is 0. The van der Waals surface area contributed by atoms with Crippen molar-refractivity contribution in [3.05, 3.63) is 24.0 Å². The Hall–Kier alpha value is -0.760. The second kappa shape index (κ2) is 4.84. The third-order valence-corrected chi connectivity index (χ3v) is 3.91. The number of hydrogen-bond donors (Lipinski definition) is 2. The molecular weight excluding hydrogens is 184 g/mol. The van der Waals surface area contributed by atoms with Gasteiger partial charge < -0.3 is 10.3 Å². The van der Waals surface area contributed by atoms with E-state index in [0.29, 0.717) is 5.41 Å². The first-order chi connectivity index (χ1) is 7.35. The maximum atomic E-state index is 3.60. The molecule has 2 N–H and O–H groups in total. The number of hydrogen-bond acceptors (Lipinski definition) is 1. The van der Waals surface area contributed by atoms with E-state index in [0.717, 1.165) is 6.54 Å². The van der Waals surface area contributed by atoms with Crippen molar-refractivity contribution in [1.29, 1.82) is 0 Å². The van der Waals surface area contributed by atoms with Gasteiger partial charge in [0.05, 0.1) is 0 Å². The Morgan fingerprint density at radius 3 is 2.80 bits per heavy atom. The van der Waals surface area contributed by atoms with Crippen LogP contribution in [-0.4, -0.2) is 11.5 Å². The molecule has 15 heavy (non-hydrogen) atoms. The largest absolute Gasteiger partial charge is 0.367 e. The van der Waals surface area contributed by atoms with Crippen LogP contribution in [0, 0.1) is 5.41 Å². The molecule has 0 aromatic carbocycles. The molecule has 2 rings (SSSR count). The lowest BCUT2D eigenvalue weighted by molar-refractivity contribution is 0.268. The smallest absolute Gasteiger partial charge is 0.0220 e. The van der Waals surface area contributed by atoms with Crippen molar-refractivity contribution < 1.29 is 0 Å². The lowest BCUT2D eigenvalue weighted by Gasteiger charge is -2.27. The highest BCUT2D eigenvalue weighted by molar-refractivity contribution is 5.07. The summed E-state index contributed by atoms with van der Waals surface area (Å²) in [6.07, 6.45) is 11.1. The van der Waals surface area contributed by atoms with Gasteiger partial charge in [0, 0.05) is 25.5 Å². The van der Waals surface area contributed by atoms with Crippen LogP contribution in [0.4, 0.5) is 0 Å². The van der Waals surface area contributed by atoms with E-state index >= 15 is 0 Å². The topological polar surface area (TPSA) is 27.8 Å². The van der Waals surface area contributed by atoms with Crippen LogP contribution in [0.1, 0.15) is 44.6 Å². The van der Waals surface area contributed by atoms with Gasteiger partial charge in [-0.25, -0.2) is 0 Å². The first-order valence-corrected chi connectivity index (χ1v) is 6.17. The Balaban J connectivity index is 1.77. The van der Waals surface area contributed by atoms with E-state index in [1.54, 1.807) is 0 Å². The third-order valence-electron chi connectivity index (χ3n) is 3.91. The second-order valence-electron chi connectivity index (χ2n) is 4.88. The van der Waals surface area contributed by atoms with Gasteiger partial charge in [-0.15, -0.1) is 0 Å². The number of nitrogens with one attached hydrogen (secondary N) is 2. The first kappa shape index (κ1) is 10.7. The monoisotopic (exact) mass is 206 g/mol. The standard InChI is InChI=1S/C13H22N2/c1-2-13(6-3-4-7-13)11-15-10-12-5-8-14-9-12/h5,8-9,14-15H,2-4,6-7,10-11H2,1H3. The zero-order valence-electron chi connectivity index (χ0n) is 9.68. The summed E-state index contributed by atoms with van der Waals surface area (Å²) in [6, 6.07) is 2.14. The summed E-state index contributed by atoms with van der Waals surface area (Å²) in [5.41, 5.74) is 1.97. The van der Waals surface area contributed by atoms with Crippen LogP contribution in [-0.2, 0) is 6.54 Å². The minimum atomic E-state index is 0.607. The Bertz CT molecular complexity index is 271. The molecule has 1 fully saturated rings. The second-order valence-corrected chi connectivity index (χ2v) is 4.88. The molecule has 1 saturated carbocycles. The zero-order chi connectivity index (χ0) is 10.6. The quantitative estimate of drug-likeness (QED) is 0.761. The minimum absolute atomic E-state index is 0.607. The summed E-state index contributed by atoms with van der Waals surface area (Å²) in [5, 5.41) is 3.60. The van der Waals surface area contributed by atoms with Crippen LogP contribution in [0.25, 0.3) is 0 Å². The molecule has 0 bridgehead atoms. The Morgan fingerprint density at radius 2 is 2.20 bits per heavy atom. The van der Waals surface area contributed by atoms with E-state index in [1.807, 2.05) is 6.20 Å². The van der Waals surface area contributed by atoms with E-state index in [9.17, 15) is 0 Å². The summed E-state index contributed by atoms with van der Waals surface area (Å²) >= 11 is 0. The molecule has 1 aliphatic rings. The first-order valence-electron chi connectivity index (χ1n) is 6.17. The van der Waals surface area contributed by atoms with Crippen molar-refractivity contribution >= 4 is 0 Å². The molecule has 1 aliphatic carbocycles. The predicted molar refractivity (Wildman–Crippen MR) is 63.7 cm³/mol. The van der Waals surface area contributed by atoms with Gasteiger partial charge in [-0.2, -0.15) is 0 Å². The van der Waals surface area contributed by atoms with Gasteiger partial charge in [0.25, 0.3) is 0 Å². The molecule has 0 amide bonds. The van der Waals surface area contributed by atoms with Crippen LogP contribution < -0.4 is 5.32 Å². The fourth-order valence-electron chi connectivity index (χ4n) is 2.72. The average molecular weight is 206 g/mol. The molecule has 84 valence electrons. The van der Waals surface area contributed by atoms with Crippen molar-refractivity contribution in [2.24, 2.45) is 5.41 Å². The van der Waals surface area contributed by atoms with Gasteiger partial charge in [-0.1, -0.05) is 19.8 Å². The van der Waals surface area contributed by atoms with Crippen molar-refractivity contribution in [3.8, 4) is 0 Å². The number of H-pyrrole nitrogens is 1. The number of rotatable bonds is 5. The van der Waals surface area contributed by atoms with E-state index < -0.39 is 0 Å². The van der Waals surface area contributed by atoms with E-state index in [1.165, 1.54) is 44.2 Å². The van der Waals surface area contributed by atoms with Gasteiger partial charge in [-0.3, -0.25) is 0 Å². The maximum absolute atomic E-state index is 3.60. The molecule has 0 atom stereocenters. The normalized spacial score (nSPS) is 19.5. The molecule has 1 aromatic heterocycles. The molecule has 2 nitrogen and oxygen atoms in total. The van der Waals surface area contributed by atoms with Crippen LogP contribution >= 0.6 is 0 Å². The molecule has 0 radical (unpaired) electrons. The molecule has 0 aliphatic heterocycles. The zero-order valence-corrected chi connectivity index (χ0v) is 9.68. The van der Waals surface area contributed by atoms with Crippen molar-refractivity contribution in [2.45, 2.75) is 45.6 Å². The lowest BCUT2D eigenvalue weighted by Crippen LogP contribution is -2.31. The lowest BCUT2D eigenvalue weighted by atomic mass is 9.83. The van der Waals surface area contributed by atoms with E-state index in [2.05, 4.69) is 29.5 Å². The van der Waals surface area contributed by atoms with Crippen molar-refractivity contribution in [3.63, 3.8) is 0 Å². The Kier molecular flexibility index (Phi) is 3.47. The molecule has 2 heteroatoms. The molecule has 0 saturated heterocycles. The van der Waals surface area contributed by atoms with E-state index in [4.69, 9.17) is 0 Å². The van der Waals surface area contributed by atoms with Crippen molar-refractivity contribution in [1.82, 2.24) is 10.3 Å². The highest BCUT2D eigenvalue weighted by atomic mass is 14.9.